The Hall–Kier alpha value is -0.880. The van der Waals surface area contributed by atoms with E-state index in [2.05, 4.69) is 37.5 Å². The van der Waals surface area contributed by atoms with Crippen LogP contribution >= 0.6 is 0 Å². The van der Waals surface area contributed by atoms with Crippen LogP contribution in [-0.4, -0.2) is 0 Å². The van der Waals surface area contributed by atoms with Crippen molar-refractivity contribution < 1.29 is 0 Å². The molecular weight excluding hydrogens is 240 g/mol. The summed E-state index contributed by atoms with van der Waals surface area (Å²) in [5.41, 5.74) is 0. The van der Waals surface area contributed by atoms with Crippen molar-refractivity contribution in [1.29, 1.82) is 0 Å². The lowest BCUT2D eigenvalue weighted by Gasteiger charge is -1.96. The molecule has 0 unspecified atom stereocenters. The van der Waals surface area contributed by atoms with E-state index in [1.807, 2.05) is 0 Å². The lowest BCUT2D eigenvalue weighted by Crippen LogP contribution is -1.77. The van der Waals surface area contributed by atoms with E-state index in [9.17, 15) is 0 Å². The Bertz CT molecular complexity index is 291. The summed E-state index contributed by atoms with van der Waals surface area (Å²) in [5.74, 6) is 12.8. The van der Waals surface area contributed by atoms with Crippen molar-refractivity contribution in [2.75, 3.05) is 0 Å². The molecule has 20 heavy (non-hydrogen) atoms. The van der Waals surface area contributed by atoms with E-state index in [4.69, 9.17) is 0 Å². The van der Waals surface area contributed by atoms with Gasteiger partial charge < -0.3 is 0 Å². The summed E-state index contributed by atoms with van der Waals surface area (Å²) in [6.07, 6.45) is 17.7. The van der Waals surface area contributed by atoms with Crippen molar-refractivity contribution in [3.05, 3.63) is 0 Å². The lowest BCUT2D eigenvalue weighted by molar-refractivity contribution is 0.614. The number of hydrogen-bond acceptors (Lipinski definition) is 0. The van der Waals surface area contributed by atoms with Gasteiger partial charge in [0, 0.05) is 12.8 Å². The first-order valence-corrected chi connectivity index (χ1v) is 8.83. The molecule has 0 heteroatoms. The van der Waals surface area contributed by atoms with Gasteiger partial charge in [0.1, 0.15) is 0 Å². The Labute approximate surface area is 128 Å². The SMILES string of the molecule is CCCCCCCC#CCC#CCCCCCCCC. The first-order valence-electron chi connectivity index (χ1n) is 8.83. The second kappa shape index (κ2) is 18.1. The van der Waals surface area contributed by atoms with Crippen molar-refractivity contribution in [2.45, 2.75) is 104 Å². The zero-order valence-corrected chi connectivity index (χ0v) is 13.9. The molecule has 0 aliphatic rings. The molecule has 0 radical (unpaired) electrons. The van der Waals surface area contributed by atoms with Gasteiger partial charge in [-0.25, -0.2) is 0 Å². The van der Waals surface area contributed by atoms with Crippen LogP contribution in [0.2, 0.25) is 0 Å². The third-order valence-electron chi connectivity index (χ3n) is 3.49. The third kappa shape index (κ3) is 17.1. The Balaban J connectivity index is 3.23. The summed E-state index contributed by atoms with van der Waals surface area (Å²) >= 11 is 0. The molecule has 0 N–H and O–H groups in total. The summed E-state index contributed by atoms with van der Waals surface area (Å²) in [6.45, 7) is 4.52. The molecule has 0 amide bonds. The molecule has 114 valence electrons. The van der Waals surface area contributed by atoms with Crippen LogP contribution < -0.4 is 0 Å². The van der Waals surface area contributed by atoms with Gasteiger partial charge in [0.05, 0.1) is 6.42 Å². The maximum atomic E-state index is 3.24. The Kier molecular flexibility index (Phi) is 17.3. The Morgan fingerprint density at radius 2 is 0.850 bits per heavy atom. The summed E-state index contributed by atoms with van der Waals surface area (Å²) in [4.78, 5) is 0. The molecular formula is C20H34. The quantitative estimate of drug-likeness (QED) is 0.298. The second-order valence-corrected chi connectivity index (χ2v) is 5.57. The fraction of sp³-hybridized carbons (Fsp3) is 0.800. The Morgan fingerprint density at radius 1 is 0.450 bits per heavy atom. The average Bonchev–Trinajstić information content (AvgIpc) is 2.47. The second-order valence-electron chi connectivity index (χ2n) is 5.57. The summed E-state index contributed by atoms with van der Waals surface area (Å²) < 4.78 is 0. The van der Waals surface area contributed by atoms with Gasteiger partial charge in [-0.2, -0.15) is 0 Å². The first-order chi connectivity index (χ1) is 9.91. The third-order valence-corrected chi connectivity index (χ3v) is 3.49. The lowest BCUT2D eigenvalue weighted by atomic mass is 10.1. The molecule has 0 aromatic carbocycles. The average molecular weight is 274 g/mol. The summed E-state index contributed by atoms with van der Waals surface area (Å²) in [7, 11) is 0. The molecule has 0 nitrogen and oxygen atoms in total. The van der Waals surface area contributed by atoms with Crippen LogP contribution in [0.25, 0.3) is 0 Å². The van der Waals surface area contributed by atoms with Gasteiger partial charge in [0.2, 0.25) is 0 Å². The van der Waals surface area contributed by atoms with E-state index in [0.29, 0.717) is 0 Å². The zero-order chi connectivity index (χ0) is 14.7. The predicted molar refractivity (Wildman–Crippen MR) is 91.5 cm³/mol. The Morgan fingerprint density at radius 3 is 1.30 bits per heavy atom. The van der Waals surface area contributed by atoms with E-state index >= 15 is 0 Å². The first kappa shape index (κ1) is 19.1. The van der Waals surface area contributed by atoms with Crippen LogP contribution in [0.3, 0.4) is 0 Å². The van der Waals surface area contributed by atoms with Crippen LogP contribution in [0, 0.1) is 23.7 Å². The van der Waals surface area contributed by atoms with Crippen LogP contribution in [-0.2, 0) is 0 Å². The van der Waals surface area contributed by atoms with Crippen molar-refractivity contribution >= 4 is 0 Å². The molecule has 0 saturated heterocycles. The summed E-state index contributed by atoms with van der Waals surface area (Å²) in [6, 6.07) is 0. The maximum Gasteiger partial charge on any atom is 0.0702 e. The van der Waals surface area contributed by atoms with Gasteiger partial charge in [-0.15, -0.1) is 11.8 Å². The molecule has 0 atom stereocenters. The predicted octanol–water partition coefficient (Wildman–Crippen LogP) is 6.49. The smallest absolute Gasteiger partial charge is 0.0702 e. The minimum absolute atomic E-state index is 0.769. The van der Waals surface area contributed by atoms with E-state index in [-0.39, 0.29) is 0 Å². The normalized spacial score (nSPS) is 9.50. The minimum atomic E-state index is 0.769. The van der Waals surface area contributed by atoms with Crippen LogP contribution in [0.15, 0.2) is 0 Å². The largest absolute Gasteiger partial charge is 0.102 e. The highest BCUT2D eigenvalue weighted by Crippen LogP contribution is 2.06. The number of rotatable bonds is 11. The standard InChI is InChI=1S/C20H34/c1-3-5-7-9-11-13-15-17-19-20-18-16-14-12-10-8-6-4-2/h3-15,20H2,1-2H3. The van der Waals surface area contributed by atoms with E-state index in [0.717, 1.165) is 19.3 Å². The maximum absolute atomic E-state index is 3.24. The van der Waals surface area contributed by atoms with Gasteiger partial charge >= 0.3 is 0 Å². The minimum Gasteiger partial charge on any atom is -0.102 e. The van der Waals surface area contributed by atoms with E-state index in [1.54, 1.807) is 0 Å². The van der Waals surface area contributed by atoms with E-state index < -0.39 is 0 Å². The molecule has 0 bridgehead atoms. The van der Waals surface area contributed by atoms with Crippen molar-refractivity contribution in [3.63, 3.8) is 0 Å². The van der Waals surface area contributed by atoms with Crippen LogP contribution in [0.5, 0.6) is 0 Å². The highest BCUT2D eigenvalue weighted by Gasteiger charge is 1.87. The molecule has 0 fully saturated rings. The van der Waals surface area contributed by atoms with Crippen molar-refractivity contribution in [1.82, 2.24) is 0 Å². The van der Waals surface area contributed by atoms with Gasteiger partial charge in [-0.3, -0.25) is 0 Å². The topological polar surface area (TPSA) is 0 Å². The van der Waals surface area contributed by atoms with Gasteiger partial charge in [0.15, 0.2) is 0 Å². The fourth-order valence-corrected chi connectivity index (χ4v) is 2.16. The molecule has 0 saturated carbocycles. The number of unbranched alkanes of at least 4 members (excludes halogenated alkanes) is 11. The van der Waals surface area contributed by atoms with Crippen LogP contribution in [0.4, 0.5) is 0 Å². The van der Waals surface area contributed by atoms with Crippen LogP contribution in [0.1, 0.15) is 104 Å². The molecule has 0 aliphatic carbocycles. The fourth-order valence-electron chi connectivity index (χ4n) is 2.16. The summed E-state index contributed by atoms with van der Waals surface area (Å²) in [5, 5.41) is 0. The zero-order valence-electron chi connectivity index (χ0n) is 13.9. The molecule has 0 heterocycles. The number of hydrogen-bond donors (Lipinski definition) is 0. The van der Waals surface area contributed by atoms with Crippen molar-refractivity contribution in [2.24, 2.45) is 0 Å². The van der Waals surface area contributed by atoms with Gasteiger partial charge in [-0.05, 0) is 12.8 Å². The van der Waals surface area contributed by atoms with Gasteiger partial charge in [0.25, 0.3) is 0 Å². The molecule has 0 aliphatic heterocycles. The van der Waals surface area contributed by atoms with E-state index in [1.165, 1.54) is 70.6 Å². The molecule has 0 aromatic rings. The molecule has 0 rings (SSSR count). The van der Waals surface area contributed by atoms with Crippen molar-refractivity contribution in [3.8, 4) is 23.7 Å². The highest BCUT2D eigenvalue weighted by atomic mass is 13.9. The monoisotopic (exact) mass is 274 g/mol. The molecule has 0 spiro atoms. The molecule has 0 aromatic heterocycles. The van der Waals surface area contributed by atoms with Gasteiger partial charge in [-0.1, -0.05) is 83.5 Å². The highest BCUT2D eigenvalue weighted by molar-refractivity contribution is 5.11.